The Hall–Kier alpha value is -1.33. The molecule has 0 heterocycles. The SMILES string of the molecule is C=C/C=C\C(=C/CC)C(O)C#N.CC. The largest absolute Gasteiger partial charge is 0.374 e. The molecule has 0 amide bonds. The van der Waals surface area contributed by atoms with Gasteiger partial charge in [0.1, 0.15) is 0 Å². The molecule has 78 valence electrons. The fraction of sp³-hybridized carbons (Fsp3) is 0.417. The molecule has 0 fully saturated rings. The van der Waals surface area contributed by atoms with Crippen molar-refractivity contribution < 1.29 is 5.11 Å². The summed E-state index contributed by atoms with van der Waals surface area (Å²) in [5.74, 6) is 0. The van der Waals surface area contributed by atoms with Crippen LogP contribution in [0.3, 0.4) is 0 Å². The van der Waals surface area contributed by atoms with Crippen molar-refractivity contribution in [2.45, 2.75) is 33.3 Å². The van der Waals surface area contributed by atoms with Crippen molar-refractivity contribution in [1.82, 2.24) is 0 Å². The van der Waals surface area contributed by atoms with E-state index in [2.05, 4.69) is 6.58 Å². The second-order valence-electron chi connectivity index (χ2n) is 2.24. The Labute approximate surface area is 86.9 Å². The first-order valence-electron chi connectivity index (χ1n) is 4.83. The molecule has 0 aromatic heterocycles. The second kappa shape index (κ2) is 11.7. The van der Waals surface area contributed by atoms with Crippen LogP contribution in [-0.2, 0) is 0 Å². The van der Waals surface area contributed by atoms with Gasteiger partial charge in [-0.25, -0.2) is 0 Å². The number of nitrogens with zero attached hydrogens (tertiary/aromatic N) is 1. The molecule has 2 heteroatoms. The molecule has 0 rings (SSSR count). The van der Waals surface area contributed by atoms with Gasteiger partial charge < -0.3 is 5.11 Å². The predicted molar refractivity (Wildman–Crippen MR) is 60.7 cm³/mol. The van der Waals surface area contributed by atoms with E-state index in [1.807, 2.05) is 26.8 Å². The highest BCUT2D eigenvalue weighted by atomic mass is 16.3. The molecule has 0 aromatic rings. The highest BCUT2D eigenvalue weighted by molar-refractivity contribution is 5.29. The Kier molecular flexibility index (Phi) is 12.6. The van der Waals surface area contributed by atoms with Gasteiger partial charge in [0.15, 0.2) is 6.10 Å². The minimum absolute atomic E-state index is 0.625. The minimum Gasteiger partial charge on any atom is -0.374 e. The molecule has 1 atom stereocenters. The van der Waals surface area contributed by atoms with Crippen LogP contribution < -0.4 is 0 Å². The molecule has 1 unspecified atom stereocenters. The van der Waals surface area contributed by atoms with E-state index >= 15 is 0 Å². The first-order chi connectivity index (χ1) is 6.76. The highest BCUT2D eigenvalue weighted by Gasteiger charge is 2.03. The van der Waals surface area contributed by atoms with Crippen LogP contribution in [-0.4, -0.2) is 11.2 Å². The van der Waals surface area contributed by atoms with Crippen molar-refractivity contribution >= 4 is 0 Å². The van der Waals surface area contributed by atoms with Crippen molar-refractivity contribution in [2.24, 2.45) is 0 Å². The molecule has 0 saturated heterocycles. The summed E-state index contributed by atoms with van der Waals surface area (Å²) >= 11 is 0. The van der Waals surface area contributed by atoms with E-state index in [0.717, 1.165) is 6.42 Å². The Bertz CT molecular complexity index is 233. The zero-order chi connectivity index (χ0) is 11.4. The number of aliphatic hydroxyl groups excluding tert-OH is 1. The Morgan fingerprint density at radius 2 is 2.14 bits per heavy atom. The fourth-order valence-corrected chi connectivity index (χ4v) is 0.760. The van der Waals surface area contributed by atoms with E-state index in [0.29, 0.717) is 5.57 Å². The van der Waals surface area contributed by atoms with Crippen molar-refractivity contribution in [3.8, 4) is 6.07 Å². The molecule has 0 saturated carbocycles. The van der Waals surface area contributed by atoms with Crippen molar-refractivity contribution in [3.63, 3.8) is 0 Å². The van der Waals surface area contributed by atoms with Gasteiger partial charge in [-0.3, -0.25) is 0 Å². The lowest BCUT2D eigenvalue weighted by atomic mass is 10.1. The maximum absolute atomic E-state index is 9.16. The van der Waals surface area contributed by atoms with E-state index in [1.54, 1.807) is 24.3 Å². The maximum Gasteiger partial charge on any atom is 0.165 e. The molecular formula is C12H19NO. The van der Waals surface area contributed by atoms with Crippen LogP contribution in [0.15, 0.2) is 36.5 Å². The summed E-state index contributed by atoms with van der Waals surface area (Å²) < 4.78 is 0. The molecule has 14 heavy (non-hydrogen) atoms. The van der Waals surface area contributed by atoms with Crippen molar-refractivity contribution in [1.29, 1.82) is 5.26 Å². The second-order valence-corrected chi connectivity index (χ2v) is 2.24. The smallest absolute Gasteiger partial charge is 0.165 e. The van der Waals surface area contributed by atoms with Crippen molar-refractivity contribution in [2.75, 3.05) is 0 Å². The number of aliphatic hydroxyl groups is 1. The summed E-state index contributed by atoms with van der Waals surface area (Å²) in [5, 5.41) is 17.6. The predicted octanol–water partition coefficient (Wildman–Crippen LogP) is 2.98. The van der Waals surface area contributed by atoms with Crippen LogP contribution in [0.1, 0.15) is 27.2 Å². The molecule has 0 radical (unpaired) electrons. The van der Waals surface area contributed by atoms with Crippen LogP contribution in [0.5, 0.6) is 0 Å². The summed E-state index contributed by atoms with van der Waals surface area (Å²) in [6, 6.07) is 1.76. The molecule has 2 nitrogen and oxygen atoms in total. The third-order valence-electron chi connectivity index (χ3n) is 1.30. The van der Waals surface area contributed by atoms with Crippen molar-refractivity contribution in [3.05, 3.63) is 36.5 Å². The van der Waals surface area contributed by atoms with Gasteiger partial charge in [0, 0.05) is 0 Å². The lowest BCUT2D eigenvalue weighted by Crippen LogP contribution is -2.04. The van der Waals surface area contributed by atoms with Crippen LogP contribution in [0, 0.1) is 11.3 Å². The molecular weight excluding hydrogens is 174 g/mol. The number of hydrogen-bond acceptors (Lipinski definition) is 2. The average molecular weight is 193 g/mol. The minimum atomic E-state index is -1.03. The summed E-state index contributed by atoms with van der Waals surface area (Å²) in [6.07, 6.45) is 6.57. The third-order valence-corrected chi connectivity index (χ3v) is 1.30. The normalized spacial score (nSPS) is 12.6. The maximum atomic E-state index is 9.16. The lowest BCUT2D eigenvalue weighted by Gasteiger charge is -2.01. The number of nitriles is 1. The Morgan fingerprint density at radius 3 is 2.50 bits per heavy atom. The van der Waals surface area contributed by atoms with E-state index in [1.165, 1.54) is 0 Å². The average Bonchev–Trinajstić information content (AvgIpc) is 2.26. The van der Waals surface area contributed by atoms with Gasteiger partial charge in [0.2, 0.25) is 0 Å². The van der Waals surface area contributed by atoms with Gasteiger partial charge in [-0.15, -0.1) is 0 Å². The molecule has 0 aliphatic heterocycles. The quantitative estimate of drug-likeness (QED) is 0.551. The van der Waals surface area contributed by atoms with Gasteiger partial charge >= 0.3 is 0 Å². The summed E-state index contributed by atoms with van der Waals surface area (Å²) in [5.41, 5.74) is 0.625. The third kappa shape index (κ3) is 7.33. The van der Waals surface area contributed by atoms with Gasteiger partial charge in [0.25, 0.3) is 0 Å². The first kappa shape index (κ1) is 15.2. The van der Waals surface area contributed by atoms with E-state index in [4.69, 9.17) is 10.4 Å². The monoisotopic (exact) mass is 193 g/mol. The van der Waals surface area contributed by atoms with E-state index in [9.17, 15) is 0 Å². The zero-order valence-corrected chi connectivity index (χ0v) is 9.20. The Balaban J connectivity index is 0. The number of rotatable bonds is 4. The zero-order valence-electron chi connectivity index (χ0n) is 9.20. The summed E-state index contributed by atoms with van der Waals surface area (Å²) in [7, 11) is 0. The molecule has 1 N–H and O–H groups in total. The van der Waals surface area contributed by atoms with E-state index < -0.39 is 6.10 Å². The van der Waals surface area contributed by atoms with Crippen LogP contribution in [0.25, 0.3) is 0 Å². The highest BCUT2D eigenvalue weighted by Crippen LogP contribution is 2.05. The molecule has 0 aromatic carbocycles. The van der Waals surface area contributed by atoms with Gasteiger partial charge in [-0.1, -0.05) is 51.7 Å². The Morgan fingerprint density at radius 1 is 1.57 bits per heavy atom. The number of hydrogen-bond donors (Lipinski definition) is 1. The molecule has 0 bridgehead atoms. The molecule has 0 spiro atoms. The summed E-state index contributed by atoms with van der Waals surface area (Å²) in [6.45, 7) is 9.45. The molecule has 0 aliphatic carbocycles. The first-order valence-corrected chi connectivity index (χ1v) is 4.83. The van der Waals surface area contributed by atoms with Crippen LogP contribution >= 0.6 is 0 Å². The van der Waals surface area contributed by atoms with Gasteiger partial charge in [-0.05, 0) is 12.0 Å². The topological polar surface area (TPSA) is 44.0 Å². The van der Waals surface area contributed by atoms with Crippen LogP contribution in [0.4, 0.5) is 0 Å². The van der Waals surface area contributed by atoms with E-state index in [-0.39, 0.29) is 0 Å². The lowest BCUT2D eigenvalue weighted by molar-refractivity contribution is 0.269. The van der Waals surface area contributed by atoms with Gasteiger partial charge in [-0.2, -0.15) is 5.26 Å². The van der Waals surface area contributed by atoms with Gasteiger partial charge in [0.05, 0.1) is 6.07 Å². The fourth-order valence-electron chi connectivity index (χ4n) is 0.760. The summed E-state index contributed by atoms with van der Waals surface area (Å²) in [4.78, 5) is 0. The van der Waals surface area contributed by atoms with Crippen LogP contribution in [0.2, 0.25) is 0 Å². The standard InChI is InChI=1S/C10H13NO.C2H6/c1-3-5-7-9(6-4-2)10(12)8-11;1-2/h3,5-7,10,12H,1,4H2,2H3;1-2H3/b7-5-,9-6+;. The molecule has 0 aliphatic rings. The number of allylic oxidation sites excluding steroid dienone is 3.